The van der Waals surface area contributed by atoms with Gasteiger partial charge in [-0.1, -0.05) is 0 Å². The van der Waals surface area contributed by atoms with Gasteiger partial charge in [0.15, 0.2) is 0 Å². The number of aromatic nitrogens is 3. The Labute approximate surface area is 194 Å². The van der Waals surface area contributed by atoms with E-state index >= 15 is 0 Å². The van der Waals surface area contributed by atoms with Gasteiger partial charge in [-0.15, -0.1) is 0 Å². The van der Waals surface area contributed by atoms with Gasteiger partial charge >= 0.3 is 0 Å². The number of piperidine rings is 1. The Hall–Kier alpha value is -3.81. The van der Waals surface area contributed by atoms with Crippen LogP contribution in [0.4, 0.5) is 8.78 Å². The molecule has 2 bridgehead atoms. The molecule has 6 rings (SSSR count). The summed E-state index contributed by atoms with van der Waals surface area (Å²) in [6.45, 7) is 0. The number of benzene rings is 2. The zero-order chi connectivity index (χ0) is 23.6. The number of aromatic hydroxyl groups is 1. The second-order valence-electron chi connectivity index (χ2n) is 9.07. The van der Waals surface area contributed by atoms with E-state index in [2.05, 4.69) is 4.98 Å². The predicted octanol–water partition coefficient (Wildman–Crippen LogP) is 4.91. The number of carbonyl (C=O) groups excluding carboxylic acids is 1. The minimum absolute atomic E-state index is 0.0432. The van der Waals surface area contributed by atoms with Gasteiger partial charge in [0.05, 0.1) is 22.9 Å². The number of hydrogen-bond donors (Lipinski definition) is 1. The van der Waals surface area contributed by atoms with Gasteiger partial charge in [-0.05, 0) is 62.1 Å². The zero-order valence-corrected chi connectivity index (χ0v) is 18.5. The molecule has 1 N–H and O–H groups in total. The van der Waals surface area contributed by atoms with Crippen LogP contribution < -0.4 is 0 Å². The largest absolute Gasteiger partial charge is 0.507 e. The fourth-order valence-corrected chi connectivity index (χ4v) is 5.61. The van der Waals surface area contributed by atoms with Crippen molar-refractivity contribution >= 4 is 16.8 Å². The van der Waals surface area contributed by atoms with Crippen molar-refractivity contribution in [2.24, 2.45) is 7.05 Å². The lowest BCUT2D eigenvalue weighted by molar-refractivity contribution is 0.0392. The number of pyridine rings is 1. The summed E-state index contributed by atoms with van der Waals surface area (Å²) >= 11 is 0. The fourth-order valence-electron chi connectivity index (χ4n) is 5.61. The monoisotopic (exact) mass is 460 g/mol. The Balaban J connectivity index is 1.43. The summed E-state index contributed by atoms with van der Waals surface area (Å²) in [4.78, 5) is 19.9. The van der Waals surface area contributed by atoms with Gasteiger partial charge in [0.2, 0.25) is 0 Å². The molecule has 0 spiro atoms. The number of hydrogen-bond acceptors (Lipinski definition) is 4. The Kier molecular flexibility index (Phi) is 4.65. The summed E-state index contributed by atoms with van der Waals surface area (Å²) in [6, 6.07) is 9.91. The van der Waals surface area contributed by atoms with Crippen molar-refractivity contribution in [1.29, 1.82) is 0 Å². The number of fused-ring (bicyclic) bond motifs is 5. The van der Waals surface area contributed by atoms with Crippen molar-refractivity contribution in [1.82, 2.24) is 19.7 Å². The van der Waals surface area contributed by atoms with Gasteiger partial charge in [0.25, 0.3) is 5.91 Å². The van der Waals surface area contributed by atoms with E-state index in [-0.39, 0.29) is 23.7 Å². The highest BCUT2D eigenvalue weighted by Crippen LogP contribution is 2.45. The van der Waals surface area contributed by atoms with E-state index in [1.807, 2.05) is 4.90 Å². The van der Waals surface area contributed by atoms with Crippen molar-refractivity contribution in [3.63, 3.8) is 0 Å². The third kappa shape index (κ3) is 3.16. The van der Waals surface area contributed by atoms with Gasteiger partial charge in [-0.2, -0.15) is 5.10 Å². The van der Waals surface area contributed by atoms with E-state index in [9.17, 15) is 18.7 Å². The molecule has 0 radical (unpaired) electrons. The van der Waals surface area contributed by atoms with E-state index in [4.69, 9.17) is 5.10 Å². The first kappa shape index (κ1) is 20.8. The molecular weight excluding hydrogens is 438 g/mol. The predicted molar refractivity (Wildman–Crippen MR) is 122 cm³/mol. The van der Waals surface area contributed by atoms with Crippen molar-refractivity contribution < 1.29 is 18.7 Å². The Bertz CT molecular complexity index is 1440. The highest BCUT2D eigenvalue weighted by Gasteiger charge is 2.43. The maximum Gasteiger partial charge on any atom is 0.254 e. The molecule has 1 amide bonds. The van der Waals surface area contributed by atoms with Gasteiger partial charge in [0.1, 0.15) is 17.4 Å². The van der Waals surface area contributed by atoms with Gasteiger partial charge < -0.3 is 10.0 Å². The van der Waals surface area contributed by atoms with Gasteiger partial charge in [-0.3, -0.25) is 14.5 Å². The summed E-state index contributed by atoms with van der Waals surface area (Å²) < 4.78 is 29.6. The molecular formula is C26H22F2N4O2. The van der Waals surface area contributed by atoms with Crippen LogP contribution in [0.3, 0.4) is 0 Å². The summed E-state index contributed by atoms with van der Waals surface area (Å²) in [7, 11) is 1.77. The standard InChI is InChI=1S/C26H22F2N4O2/c1-31-25(15-9-16(27)12-17(28)10-15)20-13-18-3-2-4-22(24(20)30-31)32(18)26(34)14-5-6-21-19(11-14)23(33)7-8-29-21/h5-12,18,22H,2-4,13H2,1H3,(H,29,33)/t18-,22+/m1/s1. The molecule has 2 aromatic heterocycles. The smallest absolute Gasteiger partial charge is 0.254 e. The second kappa shape index (κ2) is 7.62. The minimum atomic E-state index is -0.633. The first-order chi connectivity index (χ1) is 16.4. The zero-order valence-electron chi connectivity index (χ0n) is 18.5. The summed E-state index contributed by atoms with van der Waals surface area (Å²) in [5.74, 6) is -1.30. The van der Waals surface area contributed by atoms with Crippen LogP contribution in [0.2, 0.25) is 0 Å². The quantitative estimate of drug-likeness (QED) is 0.461. The number of rotatable bonds is 2. The number of amides is 1. The van der Waals surface area contributed by atoms with Crippen LogP contribution in [0.25, 0.3) is 22.2 Å². The molecule has 8 heteroatoms. The number of halogens is 2. The van der Waals surface area contributed by atoms with E-state index in [0.717, 1.165) is 36.6 Å². The normalized spacial score (nSPS) is 19.3. The number of carbonyl (C=O) groups is 1. The highest BCUT2D eigenvalue weighted by atomic mass is 19.1. The van der Waals surface area contributed by atoms with Crippen molar-refractivity contribution in [2.75, 3.05) is 0 Å². The molecule has 0 unspecified atom stereocenters. The average Bonchev–Trinajstić information content (AvgIpc) is 3.13. The molecule has 1 saturated heterocycles. The lowest BCUT2D eigenvalue weighted by Gasteiger charge is -2.45. The molecule has 1 fully saturated rings. The Morgan fingerprint density at radius 3 is 2.68 bits per heavy atom. The molecule has 0 saturated carbocycles. The molecule has 2 aliphatic rings. The van der Waals surface area contributed by atoms with E-state index in [0.29, 0.717) is 34.1 Å². The lowest BCUT2D eigenvalue weighted by Crippen LogP contribution is -2.49. The van der Waals surface area contributed by atoms with Crippen LogP contribution in [-0.4, -0.2) is 36.7 Å². The molecule has 2 aliphatic heterocycles. The van der Waals surface area contributed by atoms with Crippen LogP contribution in [0.5, 0.6) is 5.75 Å². The molecule has 4 aromatic rings. The Morgan fingerprint density at radius 1 is 1.09 bits per heavy atom. The third-order valence-electron chi connectivity index (χ3n) is 7.01. The van der Waals surface area contributed by atoms with Gasteiger partial charge in [-0.25, -0.2) is 8.78 Å². The molecule has 172 valence electrons. The molecule has 2 aromatic carbocycles. The van der Waals surface area contributed by atoms with E-state index in [1.165, 1.54) is 24.4 Å². The molecule has 6 nitrogen and oxygen atoms in total. The maximum absolute atomic E-state index is 14.0. The van der Waals surface area contributed by atoms with Crippen LogP contribution in [-0.2, 0) is 13.5 Å². The van der Waals surface area contributed by atoms with Gasteiger partial charge in [0, 0.05) is 47.4 Å². The molecule has 0 aliphatic carbocycles. The van der Waals surface area contributed by atoms with Crippen molar-refractivity contribution in [3.05, 3.63) is 77.1 Å². The summed E-state index contributed by atoms with van der Waals surface area (Å²) in [6.07, 6.45) is 4.68. The SMILES string of the molecule is Cn1nc2c(c1-c1cc(F)cc(F)c1)C[C@H]1CCC[C@@H]2N1C(=O)c1ccc2nccc(O)c2c1. The molecule has 2 atom stereocenters. The molecule has 4 heterocycles. The van der Waals surface area contributed by atoms with E-state index in [1.54, 1.807) is 29.9 Å². The van der Waals surface area contributed by atoms with Crippen molar-refractivity contribution in [2.45, 2.75) is 37.8 Å². The average molecular weight is 460 g/mol. The summed E-state index contributed by atoms with van der Waals surface area (Å²) in [5.41, 5.74) is 3.99. The van der Waals surface area contributed by atoms with Crippen LogP contribution in [0.1, 0.15) is 46.9 Å². The lowest BCUT2D eigenvalue weighted by atomic mass is 9.81. The minimum Gasteiger partial charge on any atom is -0.507 e. The first-order valence-electron chi connectivity index (χ1n) is 11.3. The maximum atomic E-state index is 14.0. The highest BCUT2D eigenvalue weighted by molar-refractivity contribution is 5.99. The Morgan fingerprint density at radius 2 is 1.88 bits per heavy atom. The second-order valence-corrected chi connectivity index (χ2v) is 9.07. The van der Waals surface area contributed by atoms with E-state index < -0.39 is 11.6 Å². The summed E-state index contributed by atoms with van der Waals surface area (Å²) in [5, 5.41) is 15.5. The first-order valence-corrected chi connectivity index (χ1v) is 11.3. The van der Waals surface area contributed by atoms with Crippen LogP contribution in [0, 0.1) is 11.6 Å². The topological polar surface area (TPSA) is 71.2 Å². The fraction of sp³-hybridized carbons (Fsp3) is 0.269. The van der Waals surface area contributed by atoms with Crippen LogP contribution >= 0.6 is 0 Å². The number of nitrogens with zero attached hydrogens (tertiary/aromatic N) is 4. The van der Waals surface area contributed by atoms with Crippen LogP contribution in [0.15, 0.2) is 48.7 Å². The third-order valence-corrected chi connectivity index (χ3v) is 7.01. The van der Waals surface area contributed by atoms with Crippen molar-refractivity contribution in [3.8, 4) is 17.0 Å². The molecule has 34 heavy (non-hydrogen) atoms. The number of aryl methyl sites for hydroxylation is 1.